The first-order valence-corrected chi connectivity index (χ1v) is 41.7. The third-order valence-electron chi connectivity index (χ3n) is 21.9. The average Bonchev–Trinajstić information content (AvgIpc) is 1.57. The predicted molar refractivity (Wildman–Crippen MR) is 476 cm³/mol. The van der Waals surface area contributed by atoms with E-state index in [2.05, 4.69) is 408 Å². The molecule has 0 aliphatic carbocycles. The molecule has 0 unspecified atom stereocenters. The minimum Gasteiger partial charge on any atom is -0.241 e. The fraction of sp³-hybridized carbons (Fsp3) is 0.240. The van der Waals surface area contributed by atoms with Crippen molar-refractivity contribution >= 4 is 109 Å². The van der Waals surface area contributed by atoms with Crippen molar-refractivity contribution in [2.45, 2.75) is 139 Å². The van der Waals surface area contributed by atoms with Crippen LogP contribution in [0.1, 0.15) is 145 Å². The first-order chi connectivity index (χ1) is 53.6. The van der Waals surface area contributed by atoms with Crippen LogP contribution in [0, 0.1) is 20.8 Å². The van der Waals surface area contributed by atoms with Crippen LogP contribution in [0.4, 0.5) is 0 Å². The number of hydrogen-bond acceptors (Lipinski definition) is 6. The highest BCUT2D eigenvalue weighted by atomic mass is 32.1. The van der Waals surface area contributed by atoms with Gasteiger partial charge in [-0.3, -0.25) is 0 Å². The van der Waals surface area contributed by atoms with Gasteiger partial charge >= 0.3 is 0 Å². The molecule has 112 heavy (non-hydrogen) atoms. The van der Waals surface area contributed by atoms with Gasteiger partial charge in [-0.25, -0.2) is 28.7 Å². The molecule has 0 saturated carbocycles. The van der Waals surface area contributed by atoms with Crippen molar-refractivity contribution in [3.05, 3.63) is 292 Å². The third kappa shape index (κ3) is 13.7. The summed E-state index contributed by atoms with van der Waals surface area (Å²) < 4.78 is 18.1. The van der Waals surface area contributed by atoms with Crippen LogP contribution in [0.2, 0.25) is 0 Å². The molecule has 0 atom stereocenters. The molecule has 560 valence electrons. The van der Waals surface area contributed by atoms with Crippen molar-refractivity contribution in [1.29, 1.82) is 0 Å². The summed E-state index contributed by atoms with van der Waals surface area (Å²) in [5.74, 6) is 4.26. The van der Waals surface area contributed by atoms with Gasteiger partial charge in [0, 0.05) is 32.8 Å². The molecule has 6 heterocycles. The zero-order chi connectivity index (χ0) is 78.6. The van der Waals surface area contributed by atoms with Crippen molar-refractivity contribution in [3.8, 4) is 73.5 Å². The lowest BCUT2D eigenvalue weighted by Crippen LogP contribution is -2.30. The summed E-state index contributed by atoms with van der Waals surface area (Å²) in [6.07, 6.45) is 0. The Morgan fingerprint density at radius 3 is 1.09 bits per heavy atom. The first-order valence-electron chi connectivity index (χ1n) is 39.2. The monoisotopic (exact) mass is 1520 g/mol. The summed E-state index contributed by atoms with van der Waals surface area (Å²) >= 11 is 5.44. The van der Waals surface area contributed by atoms with Gasteiger partial charge in [0.25, 0.3) is 17.5 Å². The summed E-state index contributed by atoms with van der Waals surface area (Å²) in [5, 5.41) is 6.03. The number of benzene rings is 12. The van der Waals surface area contributed by atoms with E-state index < -0.39 is 0 Å². The second-order valence-corrected chi connectivity index (χ2v) is 37.0. The molecule has 12 heteroatoms. The lowest BCUT2D eigenvalue weighted by molar-refractivity contribution is -0.634. The maximum absolute atomic E-state index is 5.04. The van der Waals surface area contributed by atoms with Crippen LogP contribution < -0.4 is 13.7 Å². The highest BCUT2D eigenvalue weighted by Crippen LogP contribution is 2.45. The van der Waals surface area contributed by atoms with E-state index in [-0.39, 0.29) is 16.2 Å². The number of fused-ring (bicyclic) bond motifs is 7. The first kappa shape index (κ1) is 75.0. The molecule has 0 radical (unpaired) electrons. The molecular weight excluding hydrogens is 1420 g/mol. The topological polar surface area (TPSA) is 65.1 Å². The van der Waals surface area contributed by atoms with E-state index in [4.69, 9.17) is 15.0 Å². The molecule has 0 bridgehead atoms. The van der Waals surface area contributed by atoms with Gasteiger partial charge in [-0.2, -0.15) is 13.7 Å². The summed E-state index contributed by atoms with van der Waals surface area (Å²) in [5.41, 5.74) is 29.5. The molecule has 0 amide bonds. The minimum atomic E-state index is 0.0240. The summed E-state index contributed by atoms with van der Waals surface area (Å²) in [6.45, 7) is 36.1. The number of aromatic nitrogens is 9. The molecule has 0 saturated heterocycles. The van der Waals surface area contributed by atoms with E-state index in [1.165, 1.54) is 169 Å². The molecule has 0 spiro atoms. The summed E-state index contributed by atoms with van der Waals surface area (Å²) in [7, 11) is 6.56. The zero-order valence-electron chi connectivity index (χ0n) is 68.1. The Morgan fingerprint density at radius 1 is 0.330 bits per heavy atom. The van der Waals surface area contributed by atoms with E-state index in [9.17, 15) is 0 Å². The van der Waals surface area contributed by atoms with Crippen LogP contribution in [-0.4, -0.2) is 28.7 Å². The van der Waals surface area contributed by atoms with Crippen molar-refractivity contribution in [2.75, 3.05) is 0 Å². The molecule has 18 aromatic rings. The van der Waals surface area contributed by atoms with Gasteiger partial charge < -0.3 is 0 Å². The van der Waals surface area contributed by atoms with Crippen LogP contribution in [0.15, 0.2) is 249 Å². The highest BCUT2D eigenvalue weighted by molar-refractivity contribution is 7.19. The largest absolute Gasteiger partial charge is 0.295 e. The number of rotatable bonds is 10. The second kappa shape index (κ2) is 29.3. The smallest absolute Gasteiger partial charge is 0.241 e. The Hall–Kier alpha value is -11.0. The van der Waals surface area contributed by atoms with Gasteiger partial charge in [0.1, 0.15) is 17.1 Å². The quantitative estimate of drug-likeness (QED) is 0.128. The van der Waals surface area contributed by atoms with Crippen LogP contribution in [0.25, 0.3) is 148 Å². The third-order valence-corrected chi connectivity index (χ3v) is 26.2. The van der Waals surface area contributed by atoms with Gasteiger partial charge in [-0.05, 0) is 180 Å². The van der Waals surface area contributed by atoms with E-state index in [1.54, 1.807) is 11.3 Å². The van der Waals surface area contributed by atoms with E-state index in [0.29, 0.717) is 11.8 Å². The fourth-order valence-electron chi connectivity index (χ4n) is 16.0. The number of para-hydroxylation sites is 6. The summed E-state index contributed by atoms with van der Waals surface area (Å²) in [6, 6.07) is 90.3. The highest BCUT2D eigenvalue weighted by Gasteiger charge is 2.35. The van der Waals surface area contributed by atoms with Gasteiger partial charge in [-0.1, -0.05) is 236 Å². The van der Waals surface area contributed by atoms with Crippen LogP contribution >= 0.6 is 34.0 Å². The lowest BCUT2D eigenvalue weighted by Gasteiger charge is -2.21. The molecule has 9 nitrogen and oxygen atoms in total. The van der Waals surface area contributed by atoms with Gasteiger partial charge in [0.15, 0.2) is 33.1 Å². The van der Waals surface area contributed by atoms with Crippen molar-refractivity contribution in [1.82, 2.24) is 28.7 Å². The summed E-state index contributed by atoms with van der Waals surface area (Å²) in [4.78, 5) is 15.0. The van der Waals surface area contributed by atoms with Crippen molar-refractivity contribution < 1.29 is 13.7 Å². The number of hydrogen-bond donors (Lipinski definition) is 0. The Kier molecular flexibility index (Phi) is 19.6. The van der Waals surface area contributed by atoms with E-state index in [0.717, 1.165) is 22.2 Å². The zero-order valence-corrected chi connectivity index (χ0v) is 70.5. The Morgan fingerprint density at radius 2 is 0.670 bits per heavy atom. The molecule has 0 fully saturated rings. The number of nitrogens with zero attached hydrogens (tertiary/aromatic N) is 9. The molecule has 12 aromatic carbocycles. The minimum absolute atomic E-state index is 0.0240. The Bertz CT molecular complexity index is 6600. The predicted octanol–water partition coefficient (Wildman–Crippen LogP) is 25.7. The molecule has 18 rings (SSSR count). The lowest BCUT2D eigenvalue weighted by atomic mass is 9.88. The average molecular weight is 1520 g/mol. The van der Waals surface area contributed by atoms with Gasteiger partial charge in [-0.15, -0.1) is 34.0 Å². The Balaban J connectivity index is 0.000000128. The molecular formula is C100H100N9S3+3. The number of aryl methyl sites for hydroxylation is 6. The molecule has 6 aromatic heterocycles. The maximum Gasteiger partial charge on any atom is 0.295 e. The SMILES string of the molecule is Cc1cc2nc(C(C)(C)C)sc2cc1-c1n(-c2c(C(C)C)cc(-c3ccccc3)cc2C(C)C)c2ccccc2[n+]1C.Cc1cc2nc(C(C)(C)C)sc2cc1-c1n(-c2ccc(-c3ccccc3)cc2)c2ccccc2[n+]1C.Cc1cc2nc(C(C)(C)C)sc2cc1-c1n(-c2cccc3ccccc23)c2ccccc2[n+]1C. The van der Waals surface area contributed by atoms with Crippen LogP contribution in [-0.2, 0) is 37.4 Å². The van der Waals surface area contributed by atoms with Gasteiger partial charge in [0.05, 0.1) is 83.5 Å². The number of thiazole rings is 3. The molecule has 0 aliphatic rings. The van der Waals surface area contributed by atoms with Crippen molar-refractivity contribution in [3.63, 3.8) is 0 Å². The standard InChI is InChI=1S/C38H42N3S.C32H30N3S.C30H28N3S/c1-23(2)28-20-27(26-15-11-10-12-16-26)21-29(24(3)4)35(28)41-33-18-14-13-17-32(33)40(9)36(41)30-22-34-31(19-25(30)5)39-37(42-34)38(6,7)8;1-21-19-26-29(36-31(33-26)32(2,3)4)20-25(21)30-34(5)27-13-9-10-14-28(27)35(30)24-17-15-23(16-18-24)22-11-7-6-8-12-22;1-19-17-23-27(34-29(31-23)30(2,3)4)18-22(19)28-32(5)25-14-8-9-15-26(25)33(28)24-16-10-12-20-11-6-7-13-21(20)24/h10-24H,1-9H3;6-20H,1-5H3;6-18H,1-5H3/q3*+1. The molecule has 0 aliphatic heterocycles. The maximum atomic E-state index is 5.04. The van der Waals surface area contributed by atoms with Crippen molar-refractivity contribution in [2.24, 2.45) is 21.1 Å². The van der Waals surface area contributed by atoms with Gasteiger partial charge in [0.2, 0.25) is 0 Å². The van der Waals surface area contributed by atoms with E-state index >= 15 is 0 Å². The second-order valence-electron chi connectivity index (χ2n) is 33.9. The van der Waals surface area contributed by atoms with Crippen LogP contribution in [0.5, 0.6) is 0 Å². The Labute approximate surface area is 671 Å². The van der Waals surface area contributed by atoms with Crippen LogP contribution in [0.3, 0.4) is 0 Å². The molecule has 0 N–H and O–H groups in total. The van der Waals surface area contributed by atoms with E-state index in [1.807, 2.05) is 22.7 Å². The number of imidazole rings is 3. The fourth-order valence-corrected chi connectivity index (χ4v) is 19.1. The normalized spacial score (nSPS) is 12.2.